The van der Waals surface area contributed by atoms with Crippen molar-refractivity contribution in [3.63, 3.8) is 0 Å². The summed E-state index contributed by atoms with van der Waals surface area (Å²) in [6, 6.07) is 79.1. The minimum atomic E-state index is -0.362. The second-order valence-electron chi connectivity index (χ2n) is 16.8. The molecule has 12 rings (SSSR count). The highest BCUT2D eigenvalue weighted by atomic mass is 15.1. The van der Waals surface area contributed by atoms with Gasteiger partial charge in [0, 0.05) is 22.5 Å². The molecule has 9 aromatic rings. The summed E-state index contributed by atoms with van der Waals surface area (Å²) in [6.45, 7) is 4.72. The van der Waals surface area contributed by atoms with Gasteiger partial charge in [0.1, 0.15) is 0 Å². The number of rotatable bonds is 5. The van der Waals surface area contributed by atoms with Crippen LogP contribution in [0.4, 0.5) is 17.1 Å². The molecule has 0 amide bonds. The smallest absolute Gasteiger partial charge is 0.0725 e. The van der Waals surface area contributed by atoms with Crippen LogP contribution in [0, 0.1) is 0 Å². The van der Waals surface area contributed by atoms with E-state index in [2.05, 4.69) is 231 Å². The van der Waals surface area contributed by atoms with Crippen LogP contribution in [-0.2, 0) is 10.8 Å². The SMILES string of the molecule is CC1(C)c2ccccc2-c2ccc(N(c3ccc(-c4ccccc4)cc3)c3ccc(-c4ccc5c(c4)C4(c6ccccc6-c6ccccc64)c4ccccc4-5)cc3)cc21. The fourth-order valence-electron chi connectivity index (χ4n) is 10.8. The van der Waals surface area contributed by atoms with Crippen molar-refractivity contribution in [3.8, 4) is 55.6 Å². The van der Waals surface area contributed by atoms with E-state index >= 15 is 0 Å². The van der Waals surface area contributed by atoms with Gasteiger partial charge in [-0.2, -0.15) is 0 Å². The highest BCUT2D eigenvalue weighted by Crippen LogP contribution is 2.63. The molecular weight excluding hydrogens is 711 g/mol. The zero-order chi connectivity index (χ0) is 39.3. The second kappa shape index (κ2) is 12.6. The zero-order valence-electron chi connectivity index (χ0n) is 33.2. The summed E-state index contributed by atoms with van der Waals surface area (Å²) in [5.74, 6) is 0. The van der Waals surface area contributed by atoms with Crippen LogP contribution in [0.2, 0.25) is 0 Å². The van der Waals surface area contributed by atoms with Gasteiger partial charge in [-0.3, -0.25) is 0 Å². The molecule has 1 spiro atoms. The molecule has 1 heteroatoms. The van der Waals surface area contributed by atoms with Crippen LogP contribution in [0.25, 0.3) is 55.6 Å². The van der Waals surface area contributed by atoms with Gasteiger partial charge in [-0.05, 0) is 131 Å². The zero-order valence-corrected chi connectivity index (χ0v) is 33.2. The van der Waals surface area contributed by atoms with Gasteiger partial charge in [0.15, 0.2) is 0 Å². The van der Waals surface area contributed by atoms with Crippen molar-refractivity contribution in [2.24, 2.45) is 0 Å². The molecule has 0 fully saturated rings. The Morgan fingerprint density at radius 1 is 0.271 bits per heavy atom. The number of benzene rings is 9. The van der Waals surface area contributed by atoms with Crippen LogP contribution in [0.5, 0.6) is 0 Å². The highest BCUT2D eigenvalue weighted by molar-refractivity contribution is 5.96. The summed E-state index contributed by atoms with van der Waals surface area (Å²) >= 11 is 0. The van der Waals surface area contributed by atoms with E-state index in [4.69, 9.17) is 0 Å². The first kappa shape index (κ1) is 33.9. The van der Waals surface area contributed by atoms with E-state index in [0.717, 1.165) is 17.1 Å². The van der Waals surface area contributed by atoms with Gasteiger partial charge < -0.3 is 4.90 Å². The summed E-state index contributed by atoms with van der Waals surface area (Å²) in [4.78, 5) is 2.42. The van der Waals surface area contributed by atoms with Crippen LogP contribution >= 0.6 is 0 Å². The summed E-state index contributed by atoms with van der Waals surface area (Å²) in [5.41, 5.74) is 24.0. The molecule has 0 bridgehead atoms. The summed E-state index contributed by atoms with van der Waals surface area (Å²) in [5, 5.41) is 0. The molecule has 0 atom stereocenters. The van der Waals surface area contributed by atoms with E-state index in [0.29, 0.717) is 0 Å². The number of anilines is 3. The van der Waals surface area contributed by atoms with E-state index in [1.54, 1.807) is 0 Å². The molecule has 9 aromatic carbocycles. The molecule has 59 heavy (non-hydrogen) atoms. The third-order valence-corrected chi connectivity index (χ3v) is 13.5. The Hall–Kier alpha value is -7.22. The van der Waals surface area contributed by atoms with E-state index in [-0.39, 0.29) is 10.8 Å². The van der Waals surface area contributed by atoms with Gasteiger partial charge in [0.25, 0.3) is 0 Å². The molecule has 0 N–H and O–H groups in total. The molecular formula is C58H41N. The van der Waals surface area contributed by atoms with Crippen LogP contribution in [0.15, 0.2) is 212 Å². The summed E-state index contributed by atoms with van der Waals surface area (Å²) in [6.07, 6.45) is 0. The Bertz CT molecular complexity index is 3050. The predicted octanol–water partition coefficient (Wildman–Crippen LogP) is 15.1. The van der Waals surface area contributed by atoms with Crippen LogP contribution in [-0.4, -0.2) is 0 Å². The number of fused-ring (bicyclic) bond motifs is 13. The molecule has 0 saturated heterocycles. The van der Waals surface area contributed by atoms with Crippen molar-refractivity contribution in [2.75, 3.05) is 4.90 Å². The largest absolute Gasteiger partial charge is 0.310 e. The van der Waals surface area contributed by atoms with Crippen molar-refractivity contribution in [1.82, 2.24) is 0 Å². The Labute approximate surface area is 346 Å². The van der Waals surface area contributed by atoms with Gasteiger partial charge in [0.05, 0.1) is 5.41 Å². The number of hydrogen-bond donors (Lipinski definition) is 0. The van der Waals surface area contributed by atoms with Gasteiger partial charge >= 0.3 is 0 Å². The molecule has 0 radical (unpaired) electrons. The van der Waals surface area contributed by atoms with E-state index < -0.39 is 0 Å². The average molecular weight is 752 g/mol. The van der Waals surface area contributed by atoms with Crippen molar-refractivity contribution in [2.45, 2.75) is 24.7 Å². The first-order chi connectivity index (χ1) is 29.0. The minimum absolute atomic E-state index is 0.0977. The lowest BCUT2D eigenvalue weighted by molar-refractivity contribution is 0.660. The first-order valence-electron chi connectivity index (χ1n) is 20.8. The first-order valence-corrected chi connectivity index (χ1v) is 20.8. The quantitative estimate of drug-likeness (QED) is 0.169. The van der Waals surface area contributed by atoms with E-state index in [9.17, 15) is 0 Å². The Morgan fingerprint density at radius 3 is 1.20 bits per heavy atom. The topological polar surface area (TPSA) is 3.24 Å². The minimum Gasteiger partial charge on any atom is -0.310 e. The maximum atomic E-state index is 2.48. The highest BCUT2D eigenvalue weighted by Gasteiger charge is 2.51. The summed E-state index contributed by atoms with van der Waals surface area (Å²) in [7, 11) is 0. The fourth-order valence-corrected chi connectivity index (χ4v) is 10.8. The Balaban J connectivity index is 0.981. The summed E-state index contributed by atoms with van der Waals surface area (Å²) < 4.78 is 0. The maximum Gasteiger partial charge on any atom is 0.0725 e. The monoisotopic (exact) mass is 751 g/mol. The molecule has 3 aliphatic rings. The molecule has 0 aromatic heterocycles. The molecule has 0 heterocycles. The van der Waals surface area contributed by atoms with Crippen molar-refractivity contribution in [1.29, 1.82) is 0 Å². The van der Waals surface area contributed by atoms with Gasteiger partial charge in [-0.1, -0.05) is 184 Å². The van der Waals surface area contributed by atoms with Crippen LogP contribution in [0.3, 0.4) is 0 Å². The van der Waals surface area contributed by atoms with Crippen molar-refractivity contribution >= 4 is 17.1 Å². The Morgan fingerprint density at radius 2 is 0.644 bits per heavy atom. The second-order valence-corrected chi connectivity index (χ2v) is 16.8. The van der Waals surface area contributed by atoms with Crippen LogP contribution in [0.1, 0.15) is 47.2 Å². The maximum absolute atomic E-state index is 2.48. The third kappa shape index (κ3) is 4.79. The standard InChI is InChI=1S/C58H41N/c1-57(2)51-20-10-6-16-45(51)49-35-33-44(37-55(49)57)59(42-29-24-39(25-30-42)38-14-4-3-5-15-38)43-31-26-40(27-32-43)41-28-34-50-48-19-9-13-23-54(48)58(56(50)36-41)52-21-11-7-17-46(52)47-18-8-12-22-53(47)58/h3-37H,1-2H3. The van der Waals surface area contributed by atoms with Crippen LogP contribution < -0.4 is 4.90 Å². The third-order valence-electron chi connectivity index (χ3n) is 13.5. The lowest BCUT2D eigenvalue weighted by Crippen LogP contribution is -2.25. The number of nitrogens with zero attached hydrogens (tertiary/aromatic N) is 1. The van der Waals surface area contributed by atoms with E-state index in [1.165, 1.54) is 89.0 Å². The average Bonchev–Trinajstić information content (AvgIpc) is 3.85. The Kier molecular flexibility index (Phi) is 7.26. The lowest BCUT2D eigenvalue weighted by Gasteiger charge is -2.30. The molecule has 0 unspecified atom stereocenters. The van der Waals surface area contributed by atoms with Gasteiger partial charge in [0.2, 0.25) is 0 Å². The van der Waals surface area contributed by atoms with Crippen molar-refractivity contribution in [3.05, 3.63) is 246 Å². The lowest BCUT2D eigenvalue weighted by atomic mass is 9.70. The molecule has 0 aliphatic heterocycles. The molecule has 278 valence electrons. The fraction of sp³-hybridized carbons (Fsp3) is 0.0690. The normalized spacial score (nSPS) is 14.2. The molecule has 0 saturated carbocycles. The molecule has 1 nitrogen and oxygen atoms in total. The number of hydrogen-bond acceptors (Lipinski definition) is 1. The van der Waals surface area contributed by atoms with Crippen molar-refractivity contribution < 1.29 is 0 Å². The molecule has 3 aliphatic carbocycles. The van der Waals surface area contributed by atoms with Gasteiger partial charge in [-0.25, -0.2) is 0 Å². The predicted molar refractivity (Wildman–Crippen MR) is 246 cm³/mol. The van der Waals surface area contributed by atoms with E-state index in [1.807, 2.05) is 0 Å². The van der Waals surface area contributed by atoms with Gasteiger partial charge in [-0.15, -0.1) is 0 Å².